The molecule has 1 aromatic carbocycles. The smallest absolute Gasteiger partial charge is 0.129 e. The van der Waals surface area contributed by atoms with Crippen molar-refractivity contribution in [2.75, 3.05) is 18.5 Å². The van der Waals surface area contributed by atoms with Crippen LogP contribution < -0.4 is 10.6 Å². The van der Waals surface area contributed by atoms with Gasteiger partial charge >= 0.3 is 0 Å². The largest absolute Gasteiger partial charge is 0.375 e. The zero-order valence-electron chi connectivity index (χ0n) is 10.2. The Bertz CT molecular complexity index is 326. The van der Waals surface area contributed by atoms with E-state index in [0.29, 0.717) is 5.56 Å². The van der Waals surface area contributed by atoms with Crippen LogP contribution in [-0.2, 0) is 6.54 Å². The van der Waals surface area contributed by atoms with Gasteiger partial charge < -0.3 is 10.6 Å². The van der Waals surface area contributed by atoms with Crippen LogP contribution in [0.15, 0.2) is 18.2 Å². The number of rotatable bonds is 6. The summed E-state index contributed by atoms with van der Waals surface area (Å²) in [5, 5.41) is 0. The van der Waals surface area contributed by atoms with Crippen LogP contribution in [0.3, 0.4) is 0 Å². The molecule has 0 amide bonds. The van der Waals surface area contributed by atoms with Crippen molar-refractivity contribution in [1.29, 1.82) is 0 Å². The van der Waals surface area contributed by atoms with Crippen molar-refractivity contribution in [2.24, 2.45) is 5.73 Å². The normalized spacial score (nSPS) is 10.5. The Morgan fingerprint density at radius 2 is 2.06 bits per heavy atom. The van der Waals surface area contributed by atoms with Gasteiger partial charge in [0.1, 0.15) is 5.82 Å². The summed E-state index contributed by atoms with van der Waals surface area (Å²) in [6, 6.07) is 5.26. The predicted molar refractivity (Wildman–Crippen MR) is 67.1 cm³/mol. The van der Waals surface area contributed by atoms with Crippen LogP contribution in [-0.4, -0.2) is 13.6 Å². The molecule has 1 rings (SSSR count). The first-order chi connectivity index (χ1) is 7.69. The summed E-state index contributed by atoms with van der Waals surface area (Å²) >= 11 is 0. The van der Waals surface area contributed by atoms with Crippen LogP contribution in [0.1, 0.15) is 31.7 Å². The lowest BCUT2D eigenvalue weighted by atomic mass is 10.1. The average Bonchev–Trinajstić information content (AvgIpc) is 2.29. The summed E-state index contributed by atoms with van der Waals surface area (Å²) in [6.45, 7) is 3.40. The van der Waals surface area contributed by atoms with Crippen molar-refractivity contribution in [2.45, 2.75) is 32.7 Å². The summed E-state index contributed by atoms with van der Waals surface area (Å²) < 4.78 is 13.5. The van der Waals surface area contributed by atoms with Gasteiger partial charge in [-0.25, -0.2) is 4.39 Å². The number of unbranched alkanes of at least 4 members (excludes halogenated alkanes) is 2. The van der Waals surface area contributed by atoms with Crippen molar-refractivity contribution in [3.63, 3.8) is 0 Å². The molecule has 0 radical (unpaired) electrons. The Kier molecular flexibility index (Phi) is 5.26. The molecule has 0 bridgehead atoms. The fourth-order valence-corrected chi connectivity index (χ4v) is 1.67. The summed E-state index contributed by atoms with van der Waals surface area (Å²) in [6.07, 6.45) is 3.56. The van der Waals surface area contributed by atoms with Gasteiger partial charge in [0.25, 0.3) is 0 Å². The molecule has 3 heteroatoms. The van der Waals surface area contributed by atoms with E-state index in [0.717, 1.165) is 18.7 Å². The molecule has 0 aliphatic carbocycles. The van der Waals surface area contributed by atoms with Gasteiger partial charge in [0, 0.05) is 31.4 Å². The second-order valence-corrected chi connectivity index (χ2v) is 4.11. The SMILES string of the molecule is CCCCCN(C)c1ccc(CN)c(F)c1. The molecule has 0 atom stereocenters. The van der Waals surface area contributed by atoms with Crippen LogP contribution in [0.2, 0.25) is 0 Å². The lowest BCUT2D eigenvalue weighted by Gasteiger charge is -2.19. The second kappa shape index (κ2) is 6.48. The molecular formula is C13H21FN2. The third-order valence-electron chi connectivity index (χ3n) is 2.79. The van der Waals surface area contributed by atoms with Crippen LogP contribution in [0.25, 0.3) is 0 Å². The minimum Gasteiger partial charge on any atom is -0.375 e. The number of benzene rings is 1. The molecule has 0 aliphatic rings. The molecule has 0 saturated carbocycles. The first kappa shape index (κ1) is 13.0. The lowest BCUT2D eigenvalue weighted by molar-refractivity contribution is 0.609. The van der Waals surface area contributed by atoms with E-state index in [4.69, 9.17) is 5.73 Å². The maximum absolute atomic E-state index is 13.5. The van der Waals surface area contributed by atoms with Gasteiger partial charge in [-0.05, 0) is 18.6 Å². The van der Waals surface area contributed by atoms with Crippen LogP contribution in [0, 0.1) is 5.82 Å². The highest BCUT2D eigenvalue weighted by atomic mass is 19.1. The molecule has 1 aromatic rings. The van der Waals surface area contributed by atoms with Gasteiger partial charge in [0.15, 0.2) is 0 Å². The van der Waals surface area contributed by atoms with E-state index in [1.54, 1.807) is 12.1 Å². The van der Waals surface area contributed by atoms with E-state index in [1.165, 1.54) is 12.8 Å². The molecule has 0 unspecified atom stereocenters. The van der Waals surface area contributed by atoms with Crippen molar-refractivity contribution < 1.29 is 4.39 Å². The van der Waals surface area contributed by atoms with Gasteiger partial charge in [-0.3, -0.25) is 0 Å². The molecule has 0 saturated heterocycles. The quantitative estimate of drug-likeness (QED) is 0.753. The first-order valence-corrected chi connectivity index (χ1v) is 5.88. The molecular weight excluding hydrogens is 203 g/mol. The highest BCUT2D eigenvalue weighted by Gasteiger charge is 2.05. The molecule has 0 aromatic heterocycles. The average molecular weight is 224 g/mol. The number of halogens is 1. The predicted octanol–water partition coefficient (Wildman–Crippen LogP) is 2.91. The number of nitrogens with zero attached hydrogens (tertiary/aromatic N) is 1. The Morgan fingerprint density at radius 3 is 2.62 bits per heavy atom. The first-order valence-electron chi connectivity index (χ1n) is 5.88. The Labute approximate surface area is 97.3 Å². The van der Waals surface area contributed by atoms with Gasteiger partial charge in [-0.1, -0.05) is 25.8 Å². The Hall–Kier alpha value is -1.09. The second-order valence-electron chi connectivity index (χ2n) is 4.11. The third kappa shape index (κ3) is 3.49. The van der Waals surface area contributed by atoms with E-state index in [-0.39, 0.29) is 12.4 Å². The zero-order chi connectivity index (χ0) is 12.0. The fraction of sp³-hybridized carbons (Fsp3) is 0.538. The topological polar surface area (TPSA) is 29.3 Å². The maximum atomic E-state index is 13.5. The third-order valence-corrected chi connectivity index (χ3v) is 2.79. The summed E-state index contributed by atoms with van der Waals surface area (Å²) in [5.74, 6) is -0.206. The molecule has 90 valence electrons. The van der Waals surface area contributed by atoms with Gasteiger partial charge in [-0.2, -0.15) is 0 Å². The highest BCUT2D eigenvalue weighted by Crippen LogP contribution is 2.17. The van der Waals surface area contributed by atoms with Gasteiger partial charge in [-0.15, -0.1) is 0 Å². The Morgan fingerprint density at radius 1 is 1.31 bits per heavy atom. The number of anilines is 1. The summed E-state index contributed by atoms with van der Waals surface area (Å²) in [7, 11) is 1.99. The molecule has 16 heavy (non-hydrogen) atoms. The highest BCUT2D eigenvalue weighted by molar-refractivity contribution is 5.47. The molecule has 0 spiro atoms. The number of hydrogen-bond acceptors (Lipinski definition) is 2. The van der Waals surface area contributed by atoms with Gasteiger partial charge in [0.2, 0.25) is 0 Å². The van der Waals surface area contributed by atoms with E-state index in [9.17, 15) is 4.39 Å². The van der Waals surface area contributed by atoms with E-state index < -0.39 is 0 Å². The van der Waals surface area contributed by atoms with Crippen LogP contribution in [0.5, 0.6) is 0 Å². The van der Waals surface area contributed by atoms with E-state index in [1.807, 2.05) is 13.1 Å². The minimum atomic E-state index is -0.206. The fourth-order valence-electron chi connectivity index (χ4n) is 1.67. The molecule has 0 fully saturated rings. The van der Waals surface area contributed by atoms with Crippen molar-refractivity contribution >= 4 is 5.69 Å². The van der Waals surface area contributed by atoms with E-state index in [2.05, 4.69) is 11.8 Å². The maximum Gasteiger partial charge on any atom is 0.129 e. The molecule has 2 N–H and O–H groups in total. The Balaban J connectivity index is 2.62. The van der Waals surface area contributed by atoms with Crippen LogP contribution in [0.4, 0.5) is 10.1 Å². The van der Waals surface area contributed by atoms with E-state index >= 15 is 0 Å². The van der Waals surface area contributed by atoms with Crippen molar-refractivity contribution in [3.05, 3.63) is 29.6 Å². The van der Waals surface area contributed by atoms with Crippen molar-refractivity contribution in [3.8, 4) is 0 Å². The number of nitrogens with two attached hydrogens (primary N) is 1. The lowest BCUT2D eigenvalue weighted by Crippen LogP contribution is -2.18. The summed E-state index contributed by atoms with van der Waals surface area (Å²) in [4.78, 5) is 2.08. The summed E-state index contributed by atoms with van der Waals surface area (Å²) in [5.41, 5.74) is 6.92. The zero-order valence-corrected chi connectivity index (χ0v) is 10.2. The van der Waals surface area contributed by atoms with Crippen molar-refractivity contribution in [1.82, 2.24) is 0 Å². The minimum absolute atomic E-state index is 0.206. The standard InChI is InChI=1S/C13H21FN2/c1-3-4-5-8-16(2)12-7-6-11(10-15)13(14)9-12/h6-7,9H,3-5,8,10,15H2,1-2H3. The molecule has 0 heterocycles. The van der Waals surface area contributed by atoms with Crippen LogP contribution >= 0.6 is 0 Å². The van der Waals surface area contributed by atoms with Gasteiger partial charge in [0.05, 0.1) is 0 Å². The molecule has 0 aliphatic heterocycles. The molecule has 2 nitrogen and oxygen atoms in total. The monoisotopic (exact) mass is 224 g/mol. The number of hydrogen-bond donors (Lipinski definition) is 1.